The Morgan fingerprint density at radius 2 is 2.26 bits per heavy atom. The topological polar surface area (TPSA) is 45.4 Å². The summed E-state index contributed by atoms with van der Waals surface area (Å²) in [5.74, 6) is 0. The van der Waals surface area contributed by atoms with Crippen LogP contribution in [0.25, 0.3) is 0 Å². The second-order valence-electron chi connectivity index (χ2n) is 5.66. The summed E-state index contributed by atoms with van der Waals surface area (Å²) < 4.78 is 0. The summed E-state index contributed by atoms with van der Waals surface area (Å²) in [6.45, 7) is 4.31. The summed E-state index contributed by atoms with van der Waals surface area (Å²) in [6.07, 6.45) is 5.44. The molecule has 106 valence electrons. The Morgan fingerprint density at radius 1 is 1.47 bits per heavy atom. The third-order valence-corrected chi connectivity index (χ3v) is 4.08. The van der Waals surface area contributed by atoms with Gasteiger partial charge in [0.25, 0.3) is 0 Å². The highest BCUT2D eigenvalue weighted by Crippen LogP contribution is 2.22. The van der Waals surface area contributed by atoms with Gasteiger partial charge in [-0.1, -0.05) is 6.92 Å². The van der Waals surface area contributed by atoms with Crippen molar-refractivity contribution in [2.24, 2.45) is 5.73 Å². The van der Waals surface area contributed by atoms with Crippen molar-refractivity contribution >= 4 is 5.69 Å². The summed E-state index contributed by atoms with van der Waals surface area (Å²) >= 11 is 0. The Morgan fingerprint density at radius 3 is 2.84 bits per heavy atom. The van der Waals surface area contributed by atoms with E-state index in [-0.39, 0.29) is 6.04 Å². The molecule has 1 aliphatic rings. The van der Waals surface area contributed by atoms with E-state index in [1.807, 2.05) is 6.20 Å². The first-order valence-electron chi connectivity index (χ1n) is 7.24. The van der Waals surface area contributed by atoms with Crippen LogP contribution in [0.4, 0.5) is 5.69 Å². The molecule has 2 N–H and O–H groups in total. The van der Waals surface area contributed by atoms with Gasteiger partial charge in [0.15, 0.2) is 0 Å². The summed E-state index contributed by atoms with van der Waals surface area (Å²) in [6, 6.07) is 4.94. The van der Waals surface area contributed by atoms with Crippen molar-refractivity contribution in [3.05, 3.63) is 24.0 Å². The lowest BCUT2D eigenvalue weighted by atomic mass is 10.0. The quantitative estimate of drug-likeness (QED) is 0.902. The fraction of sp³-hybridized carbons (Fsp3) is 0.667. The first-order chi connectivity index (χ1) is 9.11. The number of aromatic nitrogens is 1. The number of hydrogen-bond donors (Lipinski definition) is 1. The molecular weight excluding hydrogens is 236 g/mol. The van der Waals surface area contributed by atoms with Crippen LogP contribution in [0.3, 0.4) is 0 Å². The minimum atomic E-state index is 0.0601. The highest BCUT2D eigenvalue weighted by molar-refractivity contribution is 5.45. The average Bonchev–Trinajstić information content (AvgIpc) is 2.46. The van der Waals surface area contributed by atoms with Crippen molar-refractivity contribution in [1.82, 2.24) is 9.88 Å². The van der Waals surface area contributed by atoms with Crippen molar-refractivity contribution in [1.29, 1.82) is 0 Å². The molecular formula is C15H26N4. The van der Waals surface area contributed by atoms with Gasteiger partial charge in [-0.2, -0.15) is 0 Å². The molecule has 2 atom stereocenters. The zero-order chi connectivity index (χ0) is 13.8. The second-order valence-corrected chi connectivity index (χ2v) is 5.66. The maximum Gasteiger partial charge on any atom is 0.0572 e. The molecule has 0 bridgehead atoms. The van der Waals surface area contributed by atoms with Gasteiger partial charge < -0.3 is 15.5 Å². The van der Waals surface area contributed by atoms with Crippen LogP contribution in [-0.4, -0.2) is 43.1 Å². The van der Waals surface area contributed by atoms with E-state index in [4.69, 9.17) is 5.73 Å². The van der Waals surface area contributed by atoms with Crippen LogP contribution >= 0.6 is 0 Å². The lowest BCUT2D eigenvalue weighted by Crippen LogP contribution is -2.45. The number of hydrogen-bond acceptors (Lipinski definition) is 4. The van der Waals surface area contributed by atoms with Crippen LogP contribution in [-0.2, 0) is 0 Å². The molecule has 0 saturated carbocycles. The number of anilines is 1. The SMILES string of the molecule is CC[C@H](N)c1ccc(N2CCCC(N(C)C)C2)cn1. The summed E-state index contributed by atoms with van der Waals surface area (Å²) in [5.41, 5.74) is 8.22. The van der Waals surface area contributed by atoms with Crippen molar-refractivity contribution in [2.75, 3.05) is 32.1 Å². The Labute approximate surface area is 116 Å². The van der Waals surface area contributed by atoms with Gasteiger partial charge in [0.05, 0.1) is 17.6 Å². The van der Waals surface area contributed by atoms with Gasteiger partial charge in [-0.3, -0.25) is 4.98 Å². The molecule has 1 unspecified atom stereocenters. The van der Waals surface area contributed by atoms with Crippen molar-refractivity contribution < 1.29 is 0 Å². The maximum atomic E-state index is 6.00. The molecule has 0 radical (unpaired) electrons. The largest absolute Gasteiger partial charge is 0.369 e. The van der Waals surface area contributed by atoms with Crippen LogP contribution in [0.15, 0.2) is 18.3 Å². The zero-order valence-electron chi connectivity index (χ0n) is 12.3. The molecule has 0 aliphatic carbocycles. The lowest BCUT2D eigenvalue weighted by molar-refractivity contribution is 0.258. The number of piperidine rings is 1. The Kier molecular flexibility index (Phi) is 4.77. The molecule has 19 heavy (non-hydrogen) atoms. The number of likely N-dealkylation sites (N-methyl/N-ethyl adjacent to an activating group) is 1. The van der Waals surface area contributed by atoms with E-state index in [1.54, 1.807) is 0 Å². The van der Waals surface area contributed by atoms with Gasteiger partial charge in [0.2, 0.25) is 0 Å². The van der Waals surface area contributed by atoms with Gasteiger partial charge in [0.1, 0.15) is 0 Å². The van der Waals surface area contributed by atoms with Crippen LogP contribution in [0.1, 0.15) is 37.9 Å². The minimum absolute atomic E-state index is 0.0601. The van der Waals surface area contributed by atoms with Gasteiger partial charge >= 0.3 is 0 Å². The molecule has 0 aromatic carbocycles. The molecule has 2 heterocycles. The molecule has 1 saturated heterocycles. The highest BCUT2D eigenvalue weighted by atomic mass is 15.2. The number of nitrogens with zero attached hydrogens (tertiary/aromatic N) is 3. The van der Waals surface area contributed by atoms with Crippen molar-refractivity contribution in [2.45, 2.75) is 38.3 Å². The lowest BCUT2D eigenvalue weighted by Gasteiger charge is -2.37. The van der Waals surface area contributed by atoms with Crippen LogP contribution < -0.4 is 10.6 Å². The number of rotatable bonds is 4. The third kappa shape index (κ3) is 3.45. The first-order valence-corrected chi connectivity index (χ1v) is 7.24. The zero-order valence-corrected chi connectivity index (χ0v) is 12.3. The van der Waals surface area contributed by atoms with Crippen molar-refractivity contribution in [3.63, 3.8) is 0 Å². The van der Waals surface area contributed by atoms with E-state index in [1.165, 1.54) is 18.5 Å². The normalized spacial score (nSPS) is 21.7. The Bertz CT molecular complexity index is 388. The van der Waals surface area contributed by atoms with Crippen LogP contribution in [0, 0.1) is 0 Å². The van der Waals surface area contributed by atoms with Gasteiger partial charge in [0, 0.05) is 25.2 Å². The number of pyridine rings is 1. The maximum absolute atomic E-state index is 6.00. The molecule has 1 fully saturated rings. The smallest absolute Gasteiger partial charge is 0.0572 e. The highest BCUT2D eigenvalue weighted by Gasteiger charge is 2.21. The Hall–Kier alpha value is -1.13. The molecule has 0 spiro atoms. The molecule has 1 aliphatic heterocycles. The van der Waals surface area contributed by atoms with E-state index in [2.05, 4.69) is 47.9 Å². The summed E-state index contributed by atoms with van der Waals surface area (Å²) in [7, 11) is 4.32. The molecule has 0 amide bonds. The second kappa shape index (κ2) is 6.35. The fourth-order valence-corrected chi connectivity index (χ4v) is 2.62. The summed E-state index contributed by atoms with van der Waals surface area (Å²) in [5, 5.41) is 0. The standard InChI is InChI=1S/C15H26N4/c1-4-14(16)15-8-7-12(10-17-15)19-9-5-6-13(11-19)18(2)3/h7-8,10,13-14H,4-6,9,11,16H2,1-3H3/t13?,14-/m0/s1. The van der Waals surface area contributed by atoms with E-state index < -0.39 is 0 Å². The van der Waals surface area contributed by atoms with Crippen molar-refractivity contribution in [3.8, 4) is 0 Å². The van der Waals surface area contributed by atoms with Gasteiger partial charge in [-0.05, 0) is 45.5 Å². The van der Waals surface area contributed by atoms with Gasteiger partial charge in [-0.25, -0.2) is 0 Å². The third-order valence-electron chi connectivity index (χ3n) is 4.08. The minimum Gasteiger partial charge on any atom is -0.369 e. The average molecular weight is 262 g/mol. The molecule has 1 aromatic rings. The predicted molar refractivity (Wildman–Crippen MR) is 80.4 cm³/mol. The number of nitrogens with two attached hydrogens (primary N) is 1. The van der Waals surface area contributed by atoms with E-state index in [9.17, 15) is 0 Å². The predicted octanol–water partition coefficient (Wildman–Crippen LogP) is 2.02. The van der Waals surface area contributed by atoms with E-state index in [0.717, 1.165) is 25.2 Å². The molecule has 1 aromatic heterocycles. The monoisotopic (exact) mass is 262 g/mol. The van der Waals surface area contributed by atoms with E-state index in [0.29, 0.717) is 6.04 Å². The molecule has 4 nitrogen and oxygen atoms in total. The Balaban J connectivity index is 2.05. The molecule has 2 rings (SSSR count). The summed E-state index contributed by atoms with van der Waals surface area (Å²) in [4.78, 5) is 9.27. The van der Waals surface area contributed by atoms with Crippen LogP contribution in [0.5, 0.6) is 0 Å². The van der Waals surface area contributed by atoms with Crippen LogP contribution in [0.2, 0.25) is 0 Å². The first kappa shape index (κ1) is 14.3. The fourth-order valence-electron chi connectivity index (χ4n) is 2.62. The van der Waals surface area contributed by atoms with Gasteiger partial charge in [-0.15, -0.1) is 0 Å². The molecule has 4 heteroatoms. The van der Waals surface area contributed by atoms with E-state index >= 15 is 0 Å².